The summed E-state index contributed by atoms with van der Waals surface area (Å²) in [6, 6.07) is 0. The molecular weight excluding hydrogens is 847 g/mol. The van der Waals surface area contributed by atoms with Crippen LogP contribution in [0.3, 0.4) is 0 Å². The van der Waals surface area contributed by atoms with Crippen molar-refractivity contribution < 1.29 is 40.1 Å². The third-order valence-corrected chi connectivity index (χ3v) is 13.2. The van der Waals surface area contributed by atoms with Gasteiger partial charge in [0.05, 0.1) is 25.0 Å². The molecule has 0 saturated heterocycles. The smallest absolute Gasteiger partial charge is 0.308 e. The minimum absolute atomic E-state index is 0. The zero-order chi connectivity index (χ0) is 44.5. The molecule has 0 spiro atoms. The Kier molecular flexibility index (Phi) is 54.6. The molecule has 62 heavy (non-hydrogen) atoms. The fourth-order valence-electron chi connectivity index (χ4n) is 8.99. The number of rotatable bonds is 51. The van der Waals surface area contributed by atoms with E-state index in [1.54, 1.807) is 0 Å². The molecule has 0 aromatic carbocycles. The van der Waals surface area contributed by atoms with Crippen molar-refractivity contribution in [3.63, 3.8) is 0 Å². The van der Waals surface area contributed by atoms with Crippen molar-refractivity contribution in [2.24, 2.45) is 11.8 Å². The zero-order valence-electron chi connectivity index (χ0n) is 42.6. The van der Waals surface area contributed by atoms with Crippen molar-refractivity contribution in [2.45, 2.75) is 297 Å². The van der Waals surface area contributed by atoms with Crippen LogP contribution in [-0.2, 0) is 40.1 Å². The summed E-state index contributed by atoms with van der Waals surface area (Å²) in [5.74, 6) is 0.361. The minimum Gasteiger partial charge on any atom is -0.465 e. The van der Waals surface area contributed by atoms with Gasteiger partial charge in [-0.15, -0.1) is 0 Å². The summed E-state index contributed by atoms with van der Waals surface area (Å²) in [7, 11) is 0. The maximum atomic E-state index is 13.2. The summed E-state index contributed by atoms with van der Waals surface area (Å²) in [4.78, 5) is 29.0. The molecule has 2 atom stereocenters. The van der Waals surface area contributed by atoms with Crippen LogP contribution in [0.4, 0.5) is 0 Å². The number of hydrogen-bond acceptors (Lipinski definition) is 5. The first-order valence-corrected chi connectivity index (χ1v) is 27.9. The molecule has 6 heteroatoms. The summed E-state index contributed by atoms with van der Waals surface area (Å²) in [5.41, 5.74) is 0. The van der Waals surface area contributed by atoms with Gasteiger partial charge in [0.15, 0.2) is 0 Å². The first-order chi connectivity index (χ1) is 30.0. The Hall–Kier alpha value is -0.412. The number of unbranched alkanes of at least 4 members (excludes halogenated alkanes) is 31. The van der Waals surface area contributed by atoms with Crippen molar-refractivity contribution in [1.29, 1.82) is 0 Å². The van der Waals surface area contributed by atoms with Gasteiger partial charge in [-0.3, -0.25) is 9.59 Å². The molecule has 0 saturated carbocycles. The Labute approximate surface area is 404 Å². The number of ether oxygens (including phenoxy) is 2. The molecule has 2 unspecified atom stereocenters. The van der Waals surface area contributed by atoms with Gasteiger partial charge in [-0.05, 0) is 71.0 Å². The molecule has 0 heterocycles. The van der Waals surface area contributed by atoms with Crippen LogP contribution in [0.5, 0.6) is 0 Å². The van der Waals surface area contributed by atoms with Crippen molar-refractivity contribution in [3.05, 3.63) is 6.92 Å². The fraction of sp³-hybridized carbons (Fsp3) is 0.946. The molecular formula is C56H110MoNO4-. The summed E-state index contributed by atoms with van der Waals surface area (Å²) < 4.78 is 11.8. The molecule has 0 aromatic heterocycles. The average Bonchev–Trinajstić information content (AvgIpc) is 3.26. The van der Waals surface area contributed by atoms with Gasteiger partial charge in [0.2, 0.25) is 0 Å². The Balaban J connectivity index is 0. The molecule has 0 N–H and O–H groups in total. The van der Waals surface area contributed by atoms with Gasteiger partial charge in [-0.25, -0.2) is 0 Å². The molecule has 370 valence electrons. The van der Waals surface area contributed by atoms with E-state index in [2.05, 4.69) is 39.5 Å². The predicted octanol–water partition coefficient (Wildman–Crippen LogP) is 17.9. The average molecular weight is 957 g/mol. The van der Waals surface area contributed by atoms with Crippen LogP contribution in [-0.4, -0.2) is 49.7 Å². The zero-order valence-corrected chi connectivity index (χ0v) is 44.6. The molecule has 0 radical (unpaired) electrons. The molecule has 0 aliphatic rings. The van der Waals surface area contributed by atoms with Crippen molar-refractivity contribution in [3.8, 4) is 0 Å². The van der Waals surface area contributed by atoms with Gasteiger partial charge < -0.3 is 21.3 Å². The standard InChI is InChI=1S/C56H110NO4.Mo/c1-6-11-16-20-24-26-30-38-46-53(44-36-28-22-18-13-8-3)55(58)60-51-42-34-32-40-49-57(48-15-10-5)50-41-33-35-43-52-61-56(59)54(45-37-29-23-19-14-9-4)47-39-31-27-25-21-17-12-7-2;/h53-54H,5-52H2,1-4H3;/q-1;. The Bertz CT molecular complexity index is 820. The first-order valence-electron chi connectivity index (χ1n) is 27.9. The van der Waals surface area contributed by atoms with Gasteiger partial charge in [-0.1, -0.05) is 240 Å². The van der Waals surface area contributed by atoms with E-state index in [-0.39, 0.29) is 44.8 Å². The third kappa shape index (κ3) is 44.8. The monoisotopic (exact) mass is 959 g/mol. The van der Waals surface area contributed by atoms with Crippen LogP contribution in [0.2, 0.25) is 0 Å². The predicted molar refractivity (Wildman–Crippen MR) is 267 cm³/mol. The number of hydrogen-bond donors (Lipinski definition) is 0. The van der Waals surface area contributed by atoms with Crippen molar-refractivity contribution >= 4 is 11.9 Å². The van der Waals surface area contributed by atoms with Crippen LogP contribution in [0.25, 0.3) is 0 Å². The summed E-state index contributed by atoms with van der Waals surface area (Å²) in [6.07, 6.45) is 51.6. The van der Waals surface area contributed by atoms with E-state index in [0.717, 1.165) is 83.8 Å². The van der Waals surface area contributed by atoms with Crippen LogP contribution < -0.4 is 0 Å². The van der Waals surface area contributed by atoms with E-state index in [9.17, 15) is 9.59 Å². The van der Waals surface area contributed by atoms with Crippen molar-refractivity contribution in [2.75, 3.05) is 32.8 Å². The Morgan fingerprint density at radius 2 is 0.597 bits per heavy atom. The van der Waals surface area contributed by atoms with Crippen LogP contribution in [0.1, 0.15) is 297 Å². The molecule has 0 bridgehead atoms. The number of nitrogens with zero attached hydrogens (tertiary/aromatic N) is 1. The first kappa shape index (κ1) is 63.7. The van der Waals surface area contributed by atoms with Gasteiger partial charge in [0, 0.05) is 21.1 Å². The molecule has 0 fully saturated rings. The van der Waals surface area contributed by atoms with Crippen LogP contribution >= 0.6 is 0 Å². The van der Waals surface area contributed by atoms with E-state index >= 15 is 0 Å². The minimum atomic E-state index is 0. The Morgan fingerprint density at radius 3 is 0.887 bits per heavy atom. The summed E-state index contributed by atoms with van der Waals surface area (Å²) >= 11 is 0. The van der Waals surface area contributed by atoms with Crippen LogP contribution in [0.15, 0.2) is 0 Å². The fourth-order valence-corrected chi connectivity index (χ4v) is 8.99. The maximum absolute atomic E-state index is 13.2. The van der Waals surface area contributed by atoms with Crippen molar-refractivity contribution in [1.82, 2.24) is 4.90 Å². The number of carbonyl (C=O) groups excluding carboxylic acids is 2. The second-order valence-electron chi connectivity index (χ2n) is 19.2. The van der Waals surface area contributed by atoms with E-state index in [1.165, 1.54) is 205 Å². The largest absolute Gasteiger partial charge is 0.465 e. The molecule has 5 nitrogen and oxygen atoms in total. The van der Waals surface area contributed by atoms with Gasteiger partial charge in [-0.2, -0.15) is 6.42 Å². The normalized spacial score (nSPS) is 12.4. The van der Waals surface area contributed by atoms with E-state index in [0.29, 0.717) is 13.2 Å². The quantitative estimate of drug-likeness (QED) is 0.0263. The molecule has 0 amide bonds. The Morgan fingerprint density at radius 1 is 0.355 bits per heavy atom. The van der Waals surface area contributed by atoms with Gasteiger partial charge in [0.25, 0.3) is 0 Å². The van der Waals surface area contributed by atoms with E-state index in [1.807, 2.05) is 0 Å². The maximum Gasteiger partial charge on any atom is 0.308 e. The molecule has 0 aromatic rings. The van der Waals surface area contributed by atoms with Gasteiger partial charge in [0.1, 0.15) is 0 Å². The topological polar surface area (TPSA) is 55.8 Å². The van der Waals surface area contributed by atoms with Crippen LogP contribution in [0, 0.1) is 18.8 Å². The van der Waals surface area contributed by atoms with Gasteiger partial charge >= 0.3 is 11.9 Å². The second-order valence-corrected chi connectivity index (χ2v) is 19.2. The number of carbonyl (C=O) groups is 2. The summed E-state index contributed by atoms with van der Waals surface area (Å²) in [5, 5.41) is 0. The van der Waals surface area contributed by atoms with E-state index in [4.69, 9.17) is 9.47 Å². The molecule has 0 rings (SSSR count). The molecule has 0 aliphatic heterocycles. The second kappa shape index (κ2) is 53.2. The molecule has 0 aliphatic carbocycles. The third-order valence-electron chi connectivity index (χ3n) is 13.2. The number of esters is 2. The van der Waals surface area contributed by atoms with E-state index < -0.39 is 0 Å². The SMILES string of the molecule is [CH2-]CCCN(CCCCCCOC(=O)C(CCCCCCCC)CCCCCCCCCC)CCCCCCOC(=O)C(CCCCCCCC)CCCCCCCCCC.[Mo]. The summed E-state index contributed by atoms with van der Waals surface area (Å²) in [6.45, 7) is 17.8.